The zero-order chi connectivity index (χ0) is 17.6. The molecular formula is C15H27NO6. The Labute approximate surface area is 131 Å². The second-order valence-electron chi connectivity index (χ2n) is 6.81. The topological polar surface area (TPSA) is 82.1 Å². The summed E-state index contributed by atoms with van der Waals surface area (Å²) in [5.41, 5.74) is -1.35. The van der Waals surface area contributed by atoms with Crippen LogP contribution in [0.25, 0.3) is 0 Å². The Hall–Kier alpha value is -1.79. The van der Waals surface area contributed by atoms with Crippen LogP contribution < -0.4 is 0 Å². The van der Waals surface area contributed by atoms with Gasteiger partial charge in [-0.25, -0.2) is 4.79 Å². The second kappa shape index (κ2) is 8.00. The summed E-state index contributed by atoms with van der Waals surface area (Å²) in [5, 5.41) is 0. The average Bonchev–Trinajstić information content (AvgIpc) is 2.29. The number of ether oxygens (including phenoxy) is 3. The van der Waals surface area contributed by atoms with Crippen molar-refractivity contribution in [3.63, 3.8) is 0 Å². The Morgan fingerprint density at radius 1 is 0.864 bits per heavy atom. The van der Waals surface area contributed by atoms with Crippen LogP contribution >= 0.6 is 0 Å². The molecule has 0 aromatic carbocycles. The van der Waals surface area contributed by atoms with Gasteiger partial charge in [-0.2, -0.15) is 0 Å². The summed E-state index contributed by atoms with van der Waals surface area (Å²) < 4.78 is 14.9. The molecule has 22 heavy (non-hydrogen) atoms. The van der Waals surface area contributed by atoms with E-state index in [1.807, 2.05) is 0 Å². The number of hydrogen-bond donors (Lipinski definition) is 0. The standard InChI is InChI=1S/C15H27NO6/c1-14(2,3)21-12(18)10-16(9-8-11(17)20-7)13(19)22-15(4,5)6/h8-10H2,1-7H3. The normalized spacial score (nSPS) is 11.6. The number of carbonyl (C=O) groups excluding carboxylic acids is 3. The summed E-state index contributed by atoms with van der Waals surface area (Å²) in [6.07, 6.45) is -0.708. The molecule has 0 aliphatic rings. The minimum Gasteiger partial charge on any atom is -0.469 e. The molecule has 0 aromatic rings. The van der Waals surface area contributed by atoms with E-state index in [2.05, 4.69) is 4.74 Å². The Kier molecular flexibility index (Phi) is 7.35. The van der Waals surface area contributed by atoms with Gasteiger partial charge >= 0.3 is 18.0 Å². The van der Waals surface area contributed by atoms with E-state index in [0.29, 0.717) is 0 Å². The van der Waals surface area contributed by atoms with Gasteiger partial charge in [0.05, 0.1) is 13.5 Å². The van der Waals surface area contributed by atoms with Crippen molar-refractivity contribution < 1.29 is 28.6 Å². The summed E-state index contributed by atoms with van der Waals surface area (Å²) >= 11 is 0. The largest absolute Gasteiger partial charge is 0.469 e. The van der Waals surface area contributed by atoms with Crippen LogP contribution in [-0.2, 0) is 23.8 Å². The quantitative estimate of drug-likeness (QED) is 0.570. The number of nitrogens with zero attached hydrogens (tertiary/aromatic N) is 1. The lowest BCUT2D eigenvalue weighted by molar-refractivity contribution is -0.156. The predicted octanol–water partition coefficient (Wildman–Crippen LogP) is 2.13. The van der Waals surface area contributed by atoms with Crippen LogP contribution in [0.15, 0.2) is 0 Å². The Morgan fingerprint density at radius 2 is 1.36 bits per heavy atom. The van der Waals surface area contributed by atoms with E-state index < -0.39 is 29.2 Å². The van der Waals surface area contributed by atoms with Gasteiger partial charge in [0, 0.05) is 6.54 Å². The molecule has 0 bridgehead atoms. The van der Waals surface area contributed by atoms with Crippen LogP contribution in [-0.4, -0.2) is 54.3 Å². The number of hydrogen-bond acceptors (Lipinski definition) is 6. The van der Waals surface area contributed by atoms with Gasteiger partial charge in [-0.3, -0.25) is 14.5 Å². The van der Waals surface area contributed by atoms with E-state index >= 15 is 0 Å². The molecule has 7 heteroatoms. The number of carbonyl (C=O) groups is 3. The fourth-order valence-electron chi connectivity index (χ4n) is 1.42. The number of rotatable bonds is 5. The maximum absolute atomic E-state index is 12.1. The predicted molar refractivity (Wildman–Crippen MR) is 80.3 cm³/mol. The first kappa shape index (κ1) is 20.2. The molecule has 0 radical (unpaired) electrons. The third kappa shape index (κ3) is 10.0. The van der Waals surface area contributed by atoms with Gasteiger partial charge in [0.15, 0.2) is 0 Å². The first-order valence-electron chi connectivity index (χ1n) is 7.10. The molecule has 0 spiro atoms. The van der Waals surface area contributed by atoms with Crippen LogP contribution in [0.1, 0.15) is 48.0 Å². The molecule has 0 aromatic heterocycles. The average molecular weight is 317 g/mol. The first-order valence-corrected chi connectivity index (χ1v) is 7.10. The van der Waals surface area contributed by atoms with Gasteiger partial charge < -0.3 is 14.2 Å². The van der Waals surface area contributed by atoms with Crippen molar-refractivity contribution in [2.45, 2.75) is 59.2 Å². The van der Waals surface area contributed by atoms with E-state index in [-0.39, 0.29) is 19.5 Å². The SMILES string of the molecule is COC(=O)CCN(CC(=O)OC(C)(C)C)C(=O)OC(C)(C)C. The lowest BCUT2D eigenvalue weighted by Crippen LogP contribution is -2.42. The summed E-state index contributed by atoms with van der Waals surface area (Å²) in [6.45, 7) is 10.1. The van der Waals surface area contributed by atoms with Crippen molar-refractivity contribution in [1.82, 2.24) is 4.90 Å². The van der Waals surface area contributed by atoms with Crippen LogP contribution in [0.3, 0.4) is 0 Å². The van der Waals surface area contributed by atoms with Gasteiger partial charge in [-0.1, -0.05) is 0 Å². The molecular weight excluding hydrogens is 290 g/mol. The summed E-state index contributed by atoms with van der Waals surface area (Å²) in [7, 11) is 1.26. The summed E-state index contributed by atoms with van der Waals surface area (Å²) in [4.78, 5) is 36.3. The highest BCUT2D eigenvalue weighted by Gasteiger charge is 2.26. The van der Waals surface area contributed by atoms with E-state index in [4.69, 9.17) is 9.47 Å². The fraction of sp³-hybridized carbons (Fsp3) is 0.800. The van der Waals surface area contributed by atoms with Crippen LogP contribution in [0.4, 0.5) is 4.79 Å². The lowest BCUT2D eigenvalue weighted by Gasteiger charge is -2.28. The zero-order valence-corrected chi connectivity index (χ0v) is 14.5. The Balaban J connectivity index is 4.81. The minimum absolute atomic E-state index is 0.0147. The molecule has 128 valence electrons. The van der Waals surface area contributed by atoms with E-state index in [1.165, 1.54) is 7.11 Å². The second-order valence-corrected chi connectivity index (χ2v) is 6.81. The molecule has 0 unspecified atom stereocenters. The molecule has 0 N–H and O–H groups in total. The fourth-order valence-corrected chi connectivity index (χ4v) is 1.42. The van der Waals surface area contributed by atoms with Crippen molar-refractivity contribution in [2.75, 3.05) is 20.2 Å². The van der Waals surface area contributed by atoms with Gasteiger partial charge in [0.1, 0.15) is 17.7 Å². The number of amides is 1. The third-order valence-corrected chi connectivity index (χ3v) is 2.21. The first-order chi connectivity index (χ1) is 9.84. The van der Waals surface area contributed by atoms with Gasteiger partial charge in [-0.05, 0) is 41.5 Å². The smallest absolute Gasteiger partial charge is 0.410 e. The van der Waals surface area contributed by atoms with Crippen LogP contribution in [0, 0.1) is 0 Å². The molecule has 1 amide bonds. The van der Waals surface area contributed by atoms with E-state index in [0.717, 1.165) is 4.90 Å². The molecule has 0 saturated carbocycles. The van der Waals surface area contributed by atoms with Crippen molar-refractivity contribution >= 4 is 18.0 Å². The highest BCUT2D eigenvalue weighted by molar-refractivity contribution is 5.79. The molecule has 0 atom stereocenters. The van der Waals surface area contributed by atoms with Gasteiger partial charge in [-0.15, -0.1) is 0 Å². The molecule has 0 saturated heterocycles. The van der Waals surface area contributed by atoms with Gasteiger partial charge in [0.25, 0.3) is 0 Å². The van der Waals surface area contributed by atoms with Crippen molar-refractivity contribution in [3.8, 4) is 0 Å². The molecule has 0 aliphatic carbocycles. The van der Waals surface area contributed by atoms with Crippen molar-refractivity contribution in [1.29, 1.82) is 0 Å². The van der Waals surface area contributed by atoms with Gasteiger partial charge in [0.2, 0.25) is 0 Å². The summed E-state index contributed by atoms with van der Waals surface area (Å²) in [6, 6.07) is 0. The number of esters is 2. The summed E-state index contributed by atoms with van der Waals surface area (Å²) in [5.74, 6) is -1.04. The number of methoxy groups -OCH3 is 1. The lowest BCUT2D eigenvalue weighted by atomic mass is 10.2. The molecule has 0 heterocycles. The molecule has 0 aliphatic heterocycles. The minimum atomic E-state index is -0.700. The third-order valence-electron chi connectivity index (χ3n) is 2.21. The van der Waals surface area contributed by atoms with Crippen molar-refractivity contribution in [3.05, 3.63) is 0 Å². The molecule has 0 rings (SSSR count). The monoisotopic (exact) mass is 317 g/mol. The molecule has 7 nitrogen and oxygen atoms in total. The van der Waals surface area contributed by atoms with Crippen LogP contribution in [0.2, 0.25) is 0 Å². The maximum Gasteiger partial charge on any atom is 0.410 e. The van der Waals surface area contributed by atoms with E-state index in [9.17, 15) is 14.4 Å². The molecule has 0 fully saturated rings. The Morgan fingerprint density at radius 3 is 1.77 bits per heavy atom. The maximum atomic E-state index is 12.1. The van der Waals surface area contributed by atoms with Crippen molar-refractivity contribution in [2.24, 2.45) is 0 Å². The highest BCUT2D eigenvalue weighted by Crippen LogP contribution is 2.12. The Bertz CT molecular complexity index is 405. The zero-order valence-electron chi connectivity index (χ0n) is 14.5. The van der Waals surface area contributed by atoms with E-state index in [1.54, 1.807) is 41.5 Å². The highest BCUT2D eigenvalue weighted by atomic mass is 16.6. The van der Waals surface area contributed by atoms with Crippen LogP contribution in [0.5, 0.6) is 0 Å².